The highest BCUT2D eigenvalue weighted by atomic mass is 32.1. The van der Waals surface area contributed by atoms with Crippen LogP contribution in [0.15, 0.2) is 79.1 Å². The molecular weight excluding hydrogens is 511 g/mol. The van der Waals surface area contributed by atoms with Gasteiger partial charge in [-0.05, 0) is 72.1 Å². The van der Waals surface area contributed by atoms with Gasteiger partial charge in [0.05, 0.1) is 5.69 Å². The zero-order valence-electron chi connectivity index (χ0n) is 21.4. The number of ether oxygens (including phenoxy) is 1. The van der Waals surface area contributed by atoms with Gasteiger partial charge in [0.15, 0.2) is 10.9 Å². The molecule has 0 saturated carbocycles. The topological polar surface area (TPSA) is 78.0 Å². The third-order valence-corrected chi connectivity index (χ3v) is 5.49. The van der Waals surface area contributed by atoms with Crippen molar-refractivity contribution >= 4 is 23.0 Å². The SMILES string of the molecule is CC(C)c1ccccc1NC(N)=S.CCCc1cccc(-c2ncn(-c3ccc(OC(F)(F)F)cc3)n2)c1. The standard InChI is InChI=1S/C18H16F3N3O.C10H14N2S/c1-2-4-13-5-3-6-14(11-13)17-22-12-24(23-17)15-7-9-16(10-8-15)25-18(19,20)21;1-7(2)8-5-3-4-6-9(8)12-10(11)13/h3,5-12H,2,4H2,1H3;3-7H,1-2H3,(H3,11,12,13). The molecule has 0 atom stereocenters. The molecule has 4 aromatic rings. The van der Waals surface area contributed by atoms with Crippen LogP contribution in [0.25, 0.3) is 17.1 Å². The average Bonchev–Trinajstić information content (AvgIpc) is 3.35. The molecule has 0 unspecified atom stereocenters. The van der Waals surface area contributed by atoms with Crippen LogP contribution in [0.3, 0.4) is 0 Å². The first kappa shape index (κ1) is 28.6. The Morgan fingerprint density at radius 1 is 1.05 bits per heavy atom. The number of hydrogen-bond donors (Lipinski definition) is 2. The highest BCUT2D eigenvalue weighted by molar-refractivity contribution is 7.80. The van der Waals surface area contributed by atoms with Crippen LogP contribution < -0.4 is 15.8 Å². The van der Waals surface area contributed by atoms with Crippen LogP contribution in [0.2, 0.25) is 0 Å². The number of aromatic nitrogens is 3. The summed E-state index contributed by atoms with van der Waals surface area (Å²) in [5.41, 5.74) is 10.4. The van der Waals surface area contributed by atoms with Crippen LogP contribution in [-0.2, 0) is 6.42 Å². The van der Waals surface area contributed by atoms with Crippen molar-refractivity contribution in [1.29, 1.82) is 0 Å². The number of anilines is 1. The smallest absolute Gasteiger partial charge is 0.406 e. The van der Waals surface area contributed by atoms with Crippen molar-refractivity contribution in [2.24, 2.45) is 5.73 Å². The largest absolute Gasteiger partial charge is 0.573 e. The Bertz CT molecular complexity index is 1340. The number of nitrogens with two attached hydrogens (primary N) is 1. The minimum atomic E-state index is -4.70. The fraction of sp³-hybridized carbons (Fsp3) is 0.250. The first-order valence-corrected chi connectivity index (χ1v) is 12.5. The second-order valence-corrected chi connectivity index (χ2v) is 9.18. The summed E-state index contributed by atoms with van der Waals surface area (Å²) in [4.78, 5) is 4.29. The van der Waals surface area contributed by atoms with E-state index in [1.807, 2.05) is 36.4 Å². The maximum Gasteiger partial charge on any atom is 0.573 e. The molecule has 4 rings (SSSR count). The molecule has 6 nitrogen and oxygen atoms in total. The van der Waals surface area contributed by atoms with Crippen molar-refractivity contribution in [3.8, 4) is 22.8 Å². The maximum atomic E-state index is 12.2. The molecule has 1 heterocycles. The number of alkyl halides is 3. The molecule has 0 radical (unpaired) electrons. The molecule has 0 aliphatic carbocycles. The lowest BCUT2D eigenvalue weighted by Gasteiger charge is -2.12. The van der Waals surface area contributed by atoms with Crippen molar-refractivity contribution in [3.63, 3.8) is 0 Å². The van der Waals surface area contributed by atoms with E-state index in [0.717, 1.165) is 24.1 Å². The highest BCUT2D eigenvalue weighted by Gasteiger charge is 2.31. The summed E-state index contributed by atoms with van der Waals surface area (Å²) in [5.74, 6) is 0.760. The van der Waals surface area contributed by atoms with E-state index in [-0.39, 0.29) is 5.75 Å². The number of thiocarbonyl (C=S) groups is 1. The number of para-hydroxylation sites is 1. The molecule has 3 N–H and O–H groups in total. The molecule has 0 fully saturated rings. The van der Waals surface area contributed by atoms with Gasteiger partial charge in [0.2, 0.25) is 0 Å². The lowest BCUT2D eigenvalue weighted by Crippen LogP contribution is -2.19. The molecule has 38 heavy (non-hydrogen) atoms. The van der Waals surface area contributed by atoms with Crippen LogP contribution in [0.5, 0.6) is 5.75 Å². The summed E-state index contributed by atoms with van der Waals surface area (Å²) in [6.45, 7) is 6.39. The second kappa shape index (κ2) is 13.0. The number of rotatable bonds is 7. The number of hydrogen-bond acceptors (Lipinski definition) is 4. The van der Waals surface area contributed by atoms with Crippen molar-refractivity contribution in [3.05, 3.63) is 90.3 Å². The monoisotopic (exact) mass is 541 g/mol. The number of halogens is 3. The van der Waals surface area contributed by atoms with Crippen LogP contribution in [-0.4, -0.2) is 26.2 Å². The summed E-state index contributed by atoms with van der Waals surface area (Å²) < 4.78 is 42.0. The second-order valence-electron chi connectivity index (χ2n) is 8.74. The minimum absolute atomic E-state index is 0.274. The number of nitrogens with zero attached hydrogens (tertiary/aromatic N) is 3. The van der Waals surface area contributed by atoms with Crippen LogP contribution >= 0.6 is 12.2 Å². The lowest BCUT2D eigenvalue weighted by molar-refractivity contribution is -0.274. The predicted molar refractivity (Wildman–Crippen MR) is 148 cm³/mol. The van der Waals surface area contributed by atoms with E-state index in [1.54, 1.807) is 0 Å². The van der Waals surface area contributed by atoms with E-state index in [0.29, 0.717) is 22.5 Å². The van der Waals surface area contributed by atoms with Crippen molar-refractivity contribution in [1.82, 2.24) is 14.8 Å². The Hall–Kier alpha value is -3.92. The fourth-order valence-electron chi connectivity index (χ4n) is 3.72. The van der Waals surface area contributed by atoms with Crippen molar-refractivity contribution in [2.45, 2.75) is 45.9 Å². The maximum absolute atomic E-state index is 12.2. The molecule has 200 valence electrons. The van der Waals surface area contributed by atoms with Gasteiger partial charge in [-0.3, -0.25) is 0 Å². The molecule has 0 amide bonds. The van der Waals surface area contributed by atoms with Gasteiger partial charge in [0.25, 0.3) is 0 Å². The molecule has 0 aliphatic heterocycles. The van der Waals surface area contributed by atoms with Crippen LogP contribution in [0.4, 0.5) is 18.9 Å². The normalized spacial score (nSPS) is 11.0. The number of aryl methyl sites for hydroxylation is 1. The third-order valence-electron chi connectivity index (χ3n) is 5.39. The van der Waals surface area contributed by atoms with Crippen LogP contribution in [0, 0.1) is 0 Å². The van der Waals surface area contributed by atoms with E-state index in [4.69, 9.17) is 18.0 Å². The van der Waals surface area contributed by atoms with Crippen LogP contribution in [0.1, 0.15) is 44.2 Å². The van der Waals surface area contributed by atoms with Gasteiger partial charge in [-0.25, -0.2) is 9.67 Å². The lowest BCUT2D eigenvalue weighted by atomic mass is 10.0. The minimum Gasteiger partial charge on any atom is -0.406 e. The van der Waals surface area contributed by atoms with Gasteiger partial charge in [-0.2, -0.15) is 0 Å². The zero-order chi connectivity index (χ0) is 27.7. The molecule has 3 aromatic carbocycles. The Kier molecular flexibility index (Phi) is 9.84. The summed E-state index contributed by atoms with van der Waals surface area (Å²) >= 11 is 4.79. The summed E-state index contributed by atoms with van der Waals surface area (Å²) in [6, 6.07) is 21.5. The molecular formula is C28H30F3N5OS. The van der Waals surface area contributed by atoms with Crippen molar-refractivity contribution < 1.29 is 17.9 Å². The molecule has 0 bridgehead atoms. The Balaban J connectivity index is 0.000000260. The van der Waals surface area contributed by atoms with E-state index >= 15 is 0 Å². The van der Waals surface area contributed by atoms with E-state index in [2.05, 4.69) is 53.0 Å². The van der Waals surface area contributed by atoms with Gasteiger partial charge >= 0.3 is 6.36 Å². The number of nitrogens with one attached hydrogen (secondary N) is 1. The quantitative estimate of drug-likeness (QED) is 0.240. The van der Waals surface area contributed by atoms with E-state index in [9.17, 15) is 13.2 Å². The summed E-state index contributed by atoms with van der Waals surface area (Å²) in [7, 11) is 0. The zero-order valence-corrected chi connectivity index (χ0v) is 22.2. The van der Waals surface area contributed by atoms with Gasteiger partial charge in [-0.1, -0.05) is 63.6 Å². The molecule has 0 aliphatic rings. The highest BCUT2D eigenvalue weighted by Crippen LogP contribution is 2.25. The van der Waals surface area contributed by atoms with Gasteiger partial charge in [0, 0.05) is 11.3 Å². The molecule has 10 heteroatoms. The first-order chi connectivity index (χ1) is 18.1. The summed E-state index contributed by atoms with van der Waals surface area (Å²) in [5, 5.41) is 7.68. The van der Waals surface area contributed by atoms with Gasteiger partial charge in [0.1, 0.15) is 12.1 Å². The van der Waals surface area contributed by atoms with E-state index < -0.39 is 6.36 Å². The Labute approximate surface area is 225 Å². The summed E-state index contributed by atoms with van der Waals surface area (Å²) in [6.07, 6.45) is -1.14. The van der Waals surface area contributed by atoms with Gasteiger partial charge in [-0.15, -0.1) is 18.3 Å². The Morgan fingerprint density at radius 3 is 2.39 bits per heavy atom. The average molecular weight is 542 g/mol. The molecule has 1 aromatic heterocycles. The molecule has 0 spiro atoms. The Morgan fingerprint density at radius 2 is 1.76 bits per heavy atom. The first-order valence-electron chi connectivity index (χ1n) is 12.1. The van der Waals surface area contributed by atoms with E-state index in [1.165, 1.54) is 46.4 Å². The van der Waals surface area contributed by atoms with Gasteiger partial charge < -0.3 is 15.8 Å². The fourth-order valence-corrected chi connectivity index (χ4v) is 3.83. The third kappa shape index (κ3) is 8.58. The number of benzene rings is 3. The van der Waals surface area contributed by atoms with Crippen molar-refractivity contribution in [2.75, 3.05) is 5.32 Å². The molecule has 0 saturated heterocycles. The predicted octanol–water partition coefficient (Wildman–Crippen LogP) is 7.25.